The average molecular weight is 439 g/mol. The molecule has 2 aromatic rings. The summed E-state index contributed by atoms with van der Waals surface area (Å²) in [5.41, 5.74) is 3.29. The van der Waals surface area contributed by atoms with Crippen LogP contribution in [0.25, 0.3) is 0 Å². The summed E-state index contributed by atoms with van der Waals surface area (Å²) in [4.78, 5) is 30.3. The van der Waals surface area contributed by atoms with E-state index in [1.807, 2.05) is 12.1 Å². The molecule has 8 heteroatoms. The summed E-state index contributed by atoms with van der Waals surface area (Å²) in [7, 11) is 1.75. The molecule has 0 radical (unpaired) electrons. The molecule has 0 unspecified atom stereocenters. The molecule has 0 atom stereocenters. The molecule has 8 nitrogen and oxygen atoms in total. The zero-order valence-electron chi connectivity index (χ0n) is 18.5. The van der Waals surface area contributed by atoms with Crippen LogP contribution in [0.2, 0.25) is 0 Å². The Morgan fingerprint density at radius 1 is 1.00 bits per heavy atom. The minimum absolute atomic E-state index is 0.0580. The third kappa shape index (κ3) is 5.02. The minimum atomic E-state index is -0.443. The number of hydrogen-bond acceptors (Lipinski definition) is 6. The molecule has 2 aromatic carbocycles. The highest BCUT2D eigenvalue weighted by Gasteiger charge is 2.24. The number of anilines is 2. The molecule has 0 N–H and O–H groups in total. The van der Waals surface area contributed by atoms with E-state index in [-0.39, 0.29) is 11.6 Å². The van der Waals surface area contributed by atoms with E-state index >= 15 is 0 Å². The molecule has 32 heavy (non-hydrogen) atoms. The van der Waals surface area contributed by atoms with Gasteiger partial charge in [-0.25, -0.2) is 0 Å². The Hall–Kier alpha value is -3.13. The van der Waals surface area contributed by atoms with Crippen molar-refractivity contribution in [2.24, 2.45) is 0 Å². The first-order chi connectivity index (χ1) is 15.5. The number of hydrogen-bond donors (Lipinski definition) is 0. The van der Waals surface area contributed by atoms with Gasteiger partial charge < -0.3 is 19.4 Å². The Kier molecular flexibility index (Phi) is 6.90. The third-order valence-corrected chi connectivity index (χ3v) is 6.20. The molecule has 0 aliphatic carbocycles. The van der Waals surface area contributed by atoms with Crippen molar-refractivity contribution in [3.63, 3.8) is 0 Å². The van der Waals surface area contributed by atoms with E-state index in [0.717, 1.165) is 69.2 Å². The average Bonchev–Trinajstić information content (AvgIpc) is 2.84. The second-order valence-electron chi connectivity index (χ2n) is 8.43. The van der Waals surface area contributed by atoms with Crippen LogP contribution in [0.15, 0.2) is 42.5 Å². The van der Waals surface area contributed by atoms with Crippen LogP contribution in [-0.2, 0) is 11.3 Å². The fourth-order valence-corrected chi connectivity index (χ4v) is 4.40. The van der Waals surface area contributed by atoms with Crippen molar-refractivity contribution in [3.8, 4) is 0 Å². The van der Waals surface area contributed by atoms with E-state index in [1.165, 1.54) is 18.6 Å². The lowest BCUT2D eigenvalue weighted by molar-refractivity contribution is -0.384. The molecule has 0 spiro atoms. The van der Waals surface area contributed by atoms with Crippen molar-refractivity contribution in [3.05, 3.63) is 63.7 Å². The van der Waals surface area contributed by atoms with Crippen molar-refractivity contribution in [1.29, 1.82) is 0 Å². The summed E-state index contributed by atoms with van der Waals surface area (Å²) in [5.74, 6) is -0.202. The monoisotopic (exact) mass is 438 g/mol. The van der Waals surface area contributed by atoms with E-state index in [0.29, 0.717) is 12.1 Å². The summed E-state index contributed by atoms with van der Waals surface area (Å²) < 4.78 is 5.41. The van der Waals surface area contributed by atoms with Crippen molar-refractivity contribution in [2.45, 2.75) is 25.8 Å². The predicted octanol–water partition coefficient (Wildman–Crippen LogP) is 3.69. The Morgan fingerprint density at radius 3 is 2.34 bits per heavy atom. The van der Waals surface area contributed by atoms with Crippen LogP contribution < -0.4 is 9.80 Å². The smallest absolute Gasteiger partial charge is 0.270 e. The number of nitro groups is 1. The van der Waals surface area contributed by atoms with E-state index < -0.39 is 4.92 Å². The van der Waals surface area contributed by atoms with Crippen LogP contribution in [0.4, 0.5) is 17.1 Å². The number of nitrogens with zero attached hydrogens (tertiary/aromatic N) is 4. The van der Waals surface area contributed by atoms with Crippen LogP contribution in [0.1, 0.15) is 35.2 Å². The number of carbonyl (C=O) groups excluding carboxylic acids is 1. The number of ether oxygens (including phenoxy) is 1. The number of non-ortho nitro benzene ring substituents is 1. The first kappa shape index (κ1) is 22.1. The fourth-order valence-electron chi connectivity index (χ4n) is 4.40. The van der Waals surface area contributed by atoms with Gasteiger partial charge >= 0.3 is 0 Å². The second kappa shape index (κ2) is 9.99. The van der Waals surface area contributed by atoms with Gasteiger partial charge in [0.15, 0.2) is 0 Å². The van der Waals surface area contributed by atoms with Crippen LogP contribution in [0.5, 0.6) is 0 Å². The van der Waals surface area contributed by atoms with Gasteiger partial charge in [-0.3, -0.25) is 14.9 Å². The topological polar surface area (TPSA) is 79.2 Å². The molecule has 1 amide bonds. The van der Waals surface area contributed by atoms with Gasteiger partial charge in [-0.15, -0.1) is 0 Å². The van der Waals surface area contributed by atoms with Gasteiger partial charge in [-0.1, -0.05) is 12.1 Å². The number of morpholine rings is 1. The molecule has 0 bridgehead atoms. The van der Waals surface area contributed by atoms with E-state index in [4.69, 9.17) is 4.74 Å². The zero-order chi connectivity index (χ0) is 22.5. The van der Waals surface area contributed by atoms with Gasteiger partial charge in [0.2, 0.25) is 0 Å². The summed E-state index contributed by atoms with van der Waals surface area (Å²) in [5, 5.41) is 11.3. The largest absolute Gasteiger partial charge is 0.378 e. The zero-order valence-corrected chi connectivity index (χ0v) is 18.5. The van der Waals surface area contributed by atoms with E-state index in [1.54, 1.807) is 18.0 Å². The van der Waals surface area contributed by atoms with Crippen LogP contribution in [0, 0.1) is 10.1 Å². The lowest BCUT2D eigenvalue weighted by Gasteiger charge is -2.31. The van der Waals surface area contributed by atoms with Crippen molar-refractivity contribution in [1.82, 2.24) is 4.90 Å². The third-order valence-electron chi connectivity index (χ3n) is 6.20. The maximum Gasteiger partial charge on any atom is 0.270 e. The molecule has 4 rings (SSSR count). The Morgan fingerprint density at radius 2 is 1.69 bits per heavy atom. The van der Waals surface area contributed by atoms with Crippen molar-refractivity contribution < 1.29 is 14.5 Å². The molecular weight excluding hydrogens is 408 g/mol. The highest BCUT2D eigenvalue weighted by Crippen LogP contribution is 2.29. The summed E-state index contributed by atoms with van der Waals surface area (Å²) >= 11 is 0. The lowest BCUT2D eigenvalue weighted by atomic mass is 10.1. The van der Waals surface area contributed by atoms with Gasteiger partial charge in [0.25, 0.3) is 11.6 Å². The number of benzene rings is 2. The van der Waals surface area contributed by atoms with Crippen LogP contribution in [0.3, 0.4) is 0 Å². The van der Waals surface area contributed by atoms with Crippen LogP contribution in [-0.4, -0.2) is 62.2 Å². The molecule has 2 aliphatic heterocycles. The summed E-state index contributed by atoms with van der Waals surface area (Å²) in [6, 6.07) is 12.9. The van der Waals surface area contributed by atoms with Gasteiger partial charge in [-0.2, -0.15) is 0 Å². The molecule has 2 fully saturated rings. The normalized spacial score (nSPS) is 16.7. The molecule has 2 saturated heterocycles. The Bertz CT molecular complexity index is 951. The standard InChI is InChI=1S/C24H30N4O4/c1-25(18-19-5-7-20(8-6-19)26-13-15-32-16-14-26)24(29)22-17-21(28(30)31)9-10-23(22)27-11-3-2-4-12-27/h5-10,17H,2-4,11-16,18H2,1H3. The molecule has 2 aliphatic rings. The fraction of sp³-hybridized carbons (Fsp3) is 0.458. The molecular formula is C24H30N4O4. The van der Waals surface area contributed by atoms with Gasteiger partial charge in [0.1, 0.15) is 0 Å². The molecule has 2 heterocycles. The second-order valence-corrected chi connectivity index (χ2v) is 8.43. The maximum absolute atomic E-state index is 13.4. The van der Waals surface area contributed by atoms with Gasteiger partial charge in [0.05, 0.1) is 29.4 Å². The SMILES string of the molecule is CN(Cc1ccc(N2CCOCC2)cc1)C(=O)c1cc([N+](=O)[O-])ccc1N1CCCCC1. The van der Waals surface area contributed by atoms with Gasteiger partial charge in [0, 0.05) is 57.6 Å². The Balaban J connectivity index is 1.51. The molecule has 0 saturated carbocycles. The van der Waals surface area contributed by atoms with E-state index in [9.17, 15) is 14.9 Å². The highest BCUT2D eigenvalue weighted by atomic mass is 16.6. The number of rotatable bonds is 6. The maximum atomic E-state index is 13.4. The summed E-state index contributed by atoms with van der Waals surface area (Å²) in [6.07, 6.45) is 3.30. The Labute approximate surface area is 188 Å². The van der Waals surface area contributed by atoms with Gasteiger partial charge in [-0.05, 0) is 43.0 Å². The van der Waals surface area contributed by atoms with E-state index in [2.05, 4.69) is 21.9 Å². The lowest BCUT2D eigenvalue weighted by Crippen LogP contribution is -2.36. The first-order valence-corrected chi connectivity index (χ1v) is 11.2. The first-order valence-electron chi connectivity index (χ1n) is 11.2. The quantitative estimate of drug-likeness (QED) is 0.506. The number of amides is 1. The minimum Gasteiger partial charge on any atom is -0.378 e. The summed E-state index contributed by atoms with van der Waals surface area (Å²) in [6.45, 7) is 5.40. The number of nitro benzene ring substituents is 1. The number of piperidine rings is 1. The van der Waals surface area contributed by atoms with Crippen LogP contribution >= 0.6 is 0 Å². The molecule has 0 aromatic heterocycles. The predicted molar refractivity (Wildman–Crippen MR) is 124 cm³/mol. The number of carbonyl (C=O) groups is 1. The molecule has 170 valence electrons. The van der Waals surface area contributed by atoms with Crippen molar-refractivity contribution >= 4 is 23.0 Å². The highest BCUT2D eigenvalue weighted by molar-refractivity contribution is 6.00. The van der Waals surface area contributed by atoms with Crippen molar-refractivity contribution in [2.75, 3.05) is 56.2 Å².